The number of ether oxygens (including phenoxy) is 1. The van der Waals surface area contributed by atoms with Crippen LogP contribution in [0.2, 0.25) is 0 Å². The molecule has 0 fully saturated rings. The monoisotopic (exact) mass is 251 g/mol. The van der Waals surface area contributed by atoms with E-state index in [0.717, 1.165) is 22.6 Å². The predicted octanol–water partition coefficient (Wildman–Crippen LogP) is 2.88. The van der Waals surface area contributed by atoms with Gasteiger partial charge in [-0.05, 0) is 23.8 Å². The summed E-state index contributed by atoms with van der Waals surface area (Å²) in [5.41, 5.74) is 3.36. The minimum Gasteiger partial charge on any atom is -0.496 e. The molecule has 0 aliphatic carbocycles. The fourth-order valence-electron chi connectivity index (χ4n) is 2.32. The number of carbonyl (C=O) groups excluding carboxylic acids is 1. The van der Waals surface area contributed by atoms with Crippen LogP contribution in [0.25, 0.3) is 0 Å². The fourth-order valence-corrected chi connectivity index (χ4v) is 2.32. The molecule has 0 saturated heterocycles. The first-order valence-electron chi connectivity index (χ1n) is 6.13. The highest BCUT2D eigenvalue weighted by molar-refractivity contribution is 6.16. The highest BCUT2D eigenvalue weighted by Crippen LogP contribution is 2.24. The van der Waals surface area contributed by atoms with E-state index in [9.17, 15) is 4.79 Å². The predicted molar refractivity (Wildman–Crippen MR) is 74.0 cm³/mol. The topological polar surface area (TPSA) is 38.7 Å². The van der Waals surface area contributed by atoms with Crippen LogP contribution in [0.5, 0.6) is 5.75 Å². The normalized spacial score (nSPS) is 13.7. The van der Waals surface area contributed by atoms with Gasteiger partial charge in [-0.3, -0.25) is 4.79 Å². The number of para-hydroxylation sites is 1. The van der Waals surface area contributed by atoms with Gasteiger partial charge in [-0.2, -0.15) is 0 Å². The zero-order valence-corrected chi connectivity index (χ0v) is 10.6. The van der Waals surface area contributed by atoms with Gasteiger partial charge in [0, 0.05) is 17.5 Å². The molecule has 0 bridgehead atoms. The van der Waals surface area contributed by atoms with Gasteiger partial charge in [-0.1, -0.05) is 30.3 Å². The van der Waals surface area contributed by atoms with Gasteiger partial charge in [-0.15, -0.1) is 0 Å². The van der Waals surface area contributed by atoms with E-state index in [1.165, 1.54) is 0 Å². The maximum Gasteiger partial charge on any atom is 0.277 e. The molecule has 94 valence electrons. The maximum atomic E-state index is 12.0. The third kappa shape index (κ3) is 2.03. The van der Waals surface area contributed by atoms with Crippen molar-refractivity contribution in [2.45, 2.75) is 6.42 Å². The second-order valence-corrected chi connectivity index (χ2v) is 4.40. The second-order valence-electron chi connectivity index (χ2n) is 4.40. The van der Waals surface area contributed by atoms with Crippen molar-refractivity contribution in [3.8, 4) is 5.75 Å². The molecule has 1 amide bonds. The van der Waals surface area contributed by atoms with E-state index in [1.54, 1.807) is 7.11 Å². The molecule has 3 heteroatoms. The van der Waals surface area contributed by atoms with Crippen molar-refractivity contribution in [2.75, 3.05) is 7.11 Å². The molecule has 0 saturated carbocycles. The van der Waals surface area contributed by atoms with Crippen molar-refractivity contribution in [1.82, 2.24) is 0 Å². The van der Waals surface area contributed by atoms with Gasteiger partial charge in [0.1, 0.15) is 5.75 Å². The summed E-state index contributed by atoms with van der Waals surface area (Å²) >= 11 is 0. The van der Waals surface area contributed by atoms with E-state index < -0.39 is 0 Å². The molecule has 3 nitrogen and oxygen atoms in total. The third-order valence-corrected chi connectivity index (χ3v) is 3.26. The zero-order chi connectivity index (χ0) is 13.2. The van der Waals surface area contributed by atoms with Crippen LogP contribution in [0.15, 0.2) is 53.5 Å². The molecule has 2 aromatic carbocycles. The molecule has 0 unspecified atom stereocenters. The molecule has 19 heavy (non-hydrogen) atoms. The number of amides is 1. The number of fused-ring (bicyclic) bond motifs is 1. The van der Waals surface area contributed by atoms with Crippen LogP contribution >= 0.6 is 0 Å². The van der Waals surface area contributed by atoms with Crippen LogP contribution in [-0.4, -0.2) is 18.7 Å². The number of methoxy groups -OCH3 is 1. The molecule has 2 aromatic rings. The lowest BCUT2D eigenvalue weighted by atomic mass is 9.94. The average Bonchev–Trinajstić information content (AvgIpc) is 2.47. The lowest BCUT2D eigenvalue weighted by Crippen LogP contribution is -2.17. The first-order valence-corrected chi connectivity index (χ1v) is 6.13. The lowest BCUT2D eigenvalue weighted by molar-refractivity contribution is 0.1000. The first kappa shape index (κ1) is 11.7. The van der Waals surface area contributed by atoms with E-state index in [2.05, 4.69) is 4.99 Å². The first-order chi connectivity index (χ1) is 9.29. The molecule has 3 rings (SSSR count). The molecular formula is C16H13NO2. The number of carbonyl (C=O) groups is 1. The average molecular weight is 251 g/mol. The molecule has 1 aliphatic heterocycles. The molecule has 1 aliphatic rings. The van der Waals surface area contributed by atoms with Crippen molar-refractivity contribution in [3.63, 3.8) is 0 Å². The quantitative estimate of drug-likeness (QED) is 0.823. The molecule has 0 aromatic heterocycles. The Kier molecular flexibility index (Phi) is 2.88. The Balaban J connectivity index is 2.07. The van der Waals surface area contributed by atoms with Gasteiger partial charge in [0.25, 0.3) is 5.91 Å². The van der Waals surface area contributed by atoms with Gasteiger partial charge in [0.05, 0.1) is 12.8 Å². The Morgan fingerprint density at radius 1 is 1.00 bits per heavy atom. The summed E-state index contributed by atoms with van der Waals surface area (Å²) in [6.45, 7) is 0. The van der Waals surface area contributed by atoms with Crippen molar-refractivity contribution < 1.29 is 9.53 Å². The molecule has 0 N–H and O–H groups in total. The van der Waals surface area contributed by atoms with Gasteiger partial charge >= 0.3 is 0 Å². The summed E-state index contributed by atoms with van der Waals surface area (Å²) in [6, 6.07) is 15.2. The number of nitrogens with zero attached hydrogens (tertiary/aromatic N) is 1. The van der Waals surface area contributed by atoms with E-state index in [4.69, 9.17) is 4.74 Å². The van der Waals surface area contributed by atoms with Gasteiger partial charge in [-0.25, -0.2) is 4.99 Å². The standard InChI is InChI=1S/C16H13NO2/c1-19-15-9-5-4-8-13(15)14-10-11-6-2-3-7-12(11)16(18)17-14/h2-9H,10H2,1H3. The Labute approximate surface area is 111 Å². The Morgan fingerprint density at radius 3 is 2.47 bits per heavy atom. The van der Waals surface area contributed by atoms with E-state index >= 15 is 0 Å². The summed E-state index contributed by atoms with van der Waals surface area (Å²) in [6.07, 6.45) is 0.655. The number of rotatable bonds is 2. The summed E-state index contributed by atoms with van der Waals surface area (Å²) in [4.78, 5) is 16.2. The molecule has 0 atom stereocenters. The van der Waals surface area contributed by atoms with Crippen molar-refractivity contribution >= 4 is 11.6 Å². The van der Waals surface area contributed by atoms with Crippen LogP contribution in [0.1, 0.15) is 21.5 Å². The van der Waals surface area contributed by atoms with Crippen molar-refractivity contribution in [1.29, 1.82) is 0 Å². The van der Waals surface area contributed by atoms with Gasteiger partial charge < -0.3 is 4.74 Å². The minimum absolute atomic E-state index is 0.178. The molecule has 1 heterocycles. The Bertz CT molecular complexity index is 674. The number of aliphatic imine (C=N–C) groups is 1. The van der Waals surface area contributed by atoms with Crippen molar-refractivity contribution in [3.05, 3.63) is 65.2 Å². The summed E-state index contributed by atoms with van der Waals surface area (Å²) in [7, 11) is 1.62. The van der Waals surface area contributed by atoms with Crippen LogP contribution in [0, 0.1) is 0 Å². The maximum absolute atomic E-state index is 12.0. The lowest BCUT2D eigenvalue weighted by Gasteiger charge is -2.16. The smallest absolute Gasteiger partial charge is 0.277 e. The summed E-state index contributed by atoms with van der Waals surface area (Å²) in [5.74, 6) is 0.566. The highest BCUT2D eigenvalue weighted by atomic mass is 16.5. The van der Waals surface area contributed by atoms with Crippen LogP contribution in [0.4, 0.5) is 0 Å². The number of hydrogen-bond donors (Lipinski definition) is 0. The molecule has 0 spiro atoms. The Morgan fingerprint density at radius 2 is 1.68 bits per heavy atom. The van der Waals surface area contributed by atoms with E-state index in [-0.39, 0.29) is 5.91 Å². The largest absolute Gasteiger partial charge is 0.496 e. The van der Waals surface area contributed by atoms with E-state index in [1.807, 2.05) is 48.5 Å². The van der Waals surface area contributed by atoms with Gasteiger partial charge in [0.15, 0.2) is 0 Å². The van der Waals surface area contributed by atoms with Gasteiger partial charge in [0.2, 0.25) is 0 Å². The zero-order valence-electron chi connectivity index (χ0n) is 10.6. The third-order valence-electron chi connectivity index (χ3n) is 3.26. The molecular weight excluding hydrogens is 238 g/mol. The SMILES string of the molecule is COc1ccccc1C1=NC(=O)c2ccccc2C1. The van der Waals surface area contributed by atoms with Crippen LogP contribution < -0.4 is 4.74 Å². The van der Waals surface area contributed by atoms with Crippen molar-refractivity contribution in [2.24, 2.45) is 4.99 Å². The molecule has 0 radical (unpaired) electrons. The minimum atomic E-state index is -0.178. The number of hydrogen-bond acceptors (Lipinski definition) is 2. The summed E-state index contributed by atoms with van der Waals surface area (Å²) in [5, 5.41) is 0. The fraction of sp³-hybridized carbons (Fsp3) is 0.125. The second kappa shape index (κ2) is 4.69. The summed E-state index contributed by atoms with van der Waals surface area (Å²) < 4.78 is 5.33. The van der Waals surface area contributed by atoms with Crippen LogP contribution in [0.3, 0.4) is 0 Å². The highest BCUT2D eigenvalue weighted by Gasteiger charge is 2.21. The van der Waals surface area contributed by atoms with E-state index in [0.29, 0.717) is 12.0 Å². The Hall–Kier alpha value is -2.42. The van der Waals surface area contributed by atoms with Crippen LogP contribution in [-0.2, 0) is 6.42 Å². The number of benzene rings is 2.